The van der Waals surface area contributed by atoms with Gasteiger partial charge in [-0.1, -0.05) is 12.1 Å². The summed E-state index contributed by atoms with van der Waals surface area (Å²) in [5.74, 6) is -0.531. The number of piperidine rings is 1. The number of hydrogen-bond donors (Lipinski definition) is 0. The van der Waals surface area contributed by atoms with Gasteiger partial charge < -0.3 is 9.80 Å². The molecule has 0 aliphatic carbocycles. The zero-order valence-corrected chi connectivity index (χ0v) is 12.3. The Labute approximate surface area is 120 Å². The van der Waals surface area contributed by atoms with Crippen molar-refractivity contribution in [1.82, 2.24) is 9.80 Å². The van der Waals surface area contributed by atoms with Crippen molar-refractivity contribution in [2.75, 3.05) is 33.7 Å². The van der Waals surface area contributed by atoms with Gasteiger partial charge in [-0.25, -0.2) is 4.39 Å². The molecule has 20 heavy (non-hydrogen) atoms. The maximum atomic E-state index is 13.5. The maximum Gasteiger partial charge on any atom is 0.167 e. The number of carbonyl (C=O) groups is 1. The molecule has 1 unspecified atom stereocenters. The molecule has 0 saturated carbocycles. The molecular formula is C16H23FN2O. The number of ketones is 1. The van der Waals surface area contributed by atoms with E-state index in [1.807, 2.05) is 0 Å². The van der Waals surface area contributed by atoms with Crippen LogP contribution >= 0.6 is 0 Å². The number of nitrogens with zero attached hydrogens (tertiary/aromatic N) is 2. The quantitative estimate of drug-likeness (QED) is 0.773. The number of likely N-dealkylation sites (tertiary alicyclic amines) is 1. The zero-order chi connectivity index (χ0) is 14.5. The molecule has 1 aromatic rings. The van der Waals surface area contributed by atoms with Crippen LogP contribution in [-0.2, 0) is 0 Å². The van der Waals surface area contributed by atoms with Crippen LogP contribution in [0.3, 0.4) is 0 Å². The standard InChI is InChI=1S/C16H23FN2O/c1-18-10-5-6-13(12-18)19(2)11-9-16(20)14-7-3-4-8-15(14)17/h3-4,7-8,13H,5-6,9-12H2,1-2H3. The van der Waals surface area contributed by atoms with Crippen molar-refractivity contribution in [3.8, 4) is 0 Å². The fourth-order valence-corrected chi connectivity index (χ4v) is 2.78. The molecule has 1 aliphatic rings. The molecule has 0 radical (unpaired) electrons. The Morgan fingerprint density at radius 3 is 2.90 bits per heavy atom. The van der Waals surface area contributed by atoms with Gasteiger partial charge in [0.1, 0.15) is 5.82 Å². The van der Waals surface area contributed by atoms with Gasteiger partial charge in [0.2, 0.25) is 0 Å². The Kier molecular flexibility index (Phi) is 5.26. The molecule has 2 rings (SSSR count). The van der Waals surface area contributed by atoms with E-state index >= 15 is 0 Å². The second-order valence-corrected chi connectivity index (χ2v) is 5.69. The minimum Gasteiger partial charge on any atom is -0.305 e. The highest BCUT2D eigenvalue weighted by Crippen LogP contribution is 2.15. The number of Topliss-reactive ketones (excluding diaryl/α,β-unsaturated/α-hetero) is 1. The van der Waals surface area contributed by atoms with E-state index < -0.39 is 5.82 Å². The van der Waals surface area contributed by atoms with Crippen molar-refractivity contribution in [2.45, 2.75) is 25.3 Å². The van der Waals surface area contributed by atoms with Gasteiger partial charge in [-0.3, -0.25) is 4.79 Å². The molecule has 1 saturated heterocycles. The van der Waals surface area contributed by atoms with Gasteiger partial charge in [0.05, 0.1) is 5.56 Å². The van der Waals surface area contributed by atoms with Gasteiger partial charge in [0.25, 0.3) is 0 Å². The summed E-state index contributed by atoms with van der Waals surface area (Å²) in [5, 5.41) is 0. The smallest absolute Gasteiger partial charge is 0.167 e. The van der Waals surface area contributed by atoms with E-state index in [1.54, 1.807) is 18.2 Å². The highest BCUT2D eigenvalue weighted by Gasteiger charge is 2.21. The van der Waals surface area contributed by atoms with E-state index in [0.29, 0.717) is 19.0 Å². The molecule has 4 heteroatoms. The van der Waals surface area contributed by atoms with Crippen LogP contribution in [-0.4, -0.2) is 55.4 Å². The fourth-order valence-electron chi connectivity index (χ4n) is 2.78. The number of hydrogen-bond acceptors (Lipinski definition) is 3. The number of likely N-dealkylation sites (N-methyl/N-ethyl adjacent to an activating group) is 2. The molecule has 3 nitrogen and oxygen atoms in total. The predicted octanol–water partition coefficient (Wildman–Crippen LogP) is 2.42. The Morgan fingerprint density at radius 2 is 2.20 bits per heavy atom. The minimum absolute atomic E-state index is 0.112. The molecule has 0 amide bonds. The first-order valence-electron chi connectivity index (χ1n) is 7.24. The molecule has 1 aromatic carbocycles. The van der Waals surface area contributed by atoms with Crippen molar-refractivity contribution in [3.63, 3.8) is 0 Å². The largest absolute Gasteiger partial charge is 0.305 e. The van der Waals surface area contributed by atoms with Gasteiger partial charge in [-0.2, -0.15) is 0 Å². The van der Waals surface area contributed by atoms with Crippen LogP contribution in [0.15, 0.2) is 24.3 Å². The Bertz CT molecular complexity index is 464. The number of benzene rings is 1. The molecule has 1 fully saturated rings. The Hall–Kier alpha value is -1.26. The van der Waals surface area contributed by atoms with E-state index in [4.69, 9.17) is 0 Å². The van der Waals surface area contributed by atoms with Crippen molar-refractivity contribution in [3.05, 3.63) is 35.6 Å². The lowest BCUT2D eigenvalue weighted by Crippen LogP contribution is -2.45. The maximum absolute atomic E-state index is 13.5. The third-order valence-electron chi connectivity index (χ3n) is 4.09. The molecular weight excluding hydrogens is 255 g/mol. The minimum atomic E-state index is -0.419. The van der Waals surface area contributed by atoms with E-state index in [0.717, 1.165) is 13.1 Å². The average molecular weight is 278 g/mol. The lowest BCUT2D eigenvalue weighted by Gasteiger charge is -2.35. The highest BCUT2D eigenvalue weighted by atomic mass is 19.1. The molecule has 0 aromatic heterocycles. The number of rotatable bonds is 5. The van der Waals surface area contributed by atoms with Crippen LogP contribution in [0.5, 0.6) is 0 Å². The van der Waals surface area contributed by atoms with Gasteiger partial charge in [0, 0.05) is 25.6 Å². The van der Waals surface area contributed by atoms with E-state index in [1.165, 1.54) is 18.9 Å². The van der Waals surface area contributed by atoms with E-state index in [-0.39, 0.29) is 11.3 Å². The summed E-state index contributed by atoms with van der Waals surface area (Å²) >= 11 is 0. The summed E-state index contributed by atoms with van der Waals surface area (Å²) in [6.45, 7) is 2.88. The summed E-state index contributed by atoms with van der Waals surface area (Å²) in [7, 11) is 4.18. The third kappa shape index (κ3) is 3.87. The molecule has 1 aliphatic heterocycles. The van der Waals surface area contributed by atoms with Crippen molar-refractivity contribution < 1.29 is 9.18 Å². The van der Waals surface area contributed by atoms with Gasteiger partial charge in [0.15, 0.2) is 5.78 Å². The molecule has 0 N–H and O–H groups in total. The average Bonchev–Trinajstić information content (AvgIpc) is 2.45. The summed E-state index contributed by atoms with van der Waals surface area (Å²) in [6, 6.07) is 6.72. The summed E-state index contributed by atoms with van der Waals surface area (Å²) < 4.78 is 13.5. The molecule has 1 heterocycles. The van der Waals surface area contributed by atoms with Crippen LogP contribution in [0.2, 0.25) is 0 Å². The zero-order valence-electron chi connectivity index (χ0n) is 12.3. The molecule has 1 atom stereocenters. The Balaban J connectivity index is 1.85. The fraction of sp³-hybridized carbons (Fsp3) is 0.562. The first-order chi connectivity index (χ1) is 9.58. The lowest BCUT2D eigenvalue weighted by atomic mass is 10.0. The first kappa shape index (κ1) is 15.1. The molecule has 0 bridgehead atoms. The summed E-state index contributed by atoms with van der Waals surface area (Å²) in [4.78, 5) is 16.6. The SMILES string of the molecule is CN1CCCC(N(C)CCC(=O)c2ccccc2F)C1. The second kappa shape index (κ2) is 6.95. The Morgan fingerprint density at radius 1 is 1.45 bits per heavy atom. The van der Waals surface area contributed by atoms with Crippen LogP contribution in [0.4, 0.5) is 4.39 Å². The summed E-state index contributed by atoms with van der Waals surface area (Å²) in [6.07, 6.45) is 2.75. The van der Waals surface area contributed by atoms with Crippen molar-refractivity contribution in [1.29, 1.82) is 0 Å². The number of halogens is 1. The normalized spacial score (nSPS) is 20.3. The highest BCUT2D eigenvalue weighted by molar-refractivity contribution is 5.96. The topological polar surface area (TPSA) is 23.6 Å². The second-order valence-electron chi connectivity index (χ2n) is 5.69. The van der Waals surface area contributed by atoms with Crippen molar-refractivity contribution in [2.24, 2.45) is 0 Å². The van der Waals surface area contributed by atoms with Crippen LogP contribution in [0.25, 0.3) is 0 Å². The van der Waals surface area contributed by atoms with Gasteiger partial charge in [-0.05, 0) is 45.6 Å². The van der Waals surface area contributed by atoms with Crippen LogP contribution in [0.1, 0.15) is 29.6 Å². The molecule has 0 spiro atoms. The predicted molar refractivity (Wildman–Crippen MR) is 78.5 cm³/mol. The van der Waals surface area contributed by atoms with Crippen LogP contribution in [0, 0.1) is 5.82 Å². The lowest BCUT2D eigenvalue weighted by molar-refractivity contribution is 0.0928. The third-order valence-corrected chi connectivity index (χ3v) is 4.09. The number of carbonyl (C=O) groups excluding carboxylic acids is 1. The van der Waals surface area contributed by atoms with Gasteiger partial charge in [-0.15, -0.1) is 0 Å². The molecule has 110 valence electrons. The van der Waals surface area contributed by atoms with E-state index in [2.05, 4.69) is 23.9 Å². The van der Waals surface area contributed by atoms with E-state index in [9.17, 15) is 9.18 Å². The first-order valence-corrected chi connectivity index (χ1v) is 7.24. The monoisotopic (exact) mass is 278 g/mol. The van der Waals surface area contributed by atoms with Crippen molar-refractivity contribution >= 4 is 5.78 Å². The van der Waals surface area contributed by atoms with Gasteiger partial charge >= 0.3 is 0 Å². The van der Waals surface area contributed by atoms with Crippen LogP contribution < -0.4 is 0 Å². The summed E-state index contributed by atoms with van der Waals surface area (Å²) in [5.41, 5.74) is 0.210.